The fourth-order valence-electron chi connectivity index (χ4n) is 3.65. The van der Waals surface area contributed by atoms with E-state index < -0.39 is 10.0 Å². The van der Waals surface area contributed by atoms with Crippen LogP contribution in [0.1, 0.15) is 25.8 Å². The van der Waals surface area contributed by atoms with Crippen LogP contribution in [0.5, 0.6) is 0 Å². The highest BCUT2D eigenvalue weighted by Gasteiger charge is 2.31. The largest absolute Gasteiger partial charge is 0.326 e. The fourth-order valence-corrected chi connectivity index (χ4v) is 5.33. The second-order valence-electron chi connectivity index (χ2n) is 7.64. The number of piperidine rings is 1. The smallest absolute Gasteiger partial charge is 0.243 e. The standard InChI is InChI=1S/C21H25FN2O3S/c1-15-11-16(2)14-24(13-15)28(26,27)20-9-7-19(8-10-20)23-21(25)12-17-3-5-18(22)6-4-17/h3-10,15-16H,11-14H2,1-2H3,(H,23,25)/t15-,16+. The first-order chi connectivity index (χ1) is 13.2. The zero-order valence-corrected chi connectivity index (χ0v) is 16.9. The maximum atomic E-state index is 12.9. The quantitative estimate of drug-likeness (QED) is 0.827. The number of nitrogens with zero attached hydrogens (tertiary/aromatic N) is 1. The second kappa shape index (κ2) is 8.41. The molecule has 1 heterocycles. The molecule has 0 unspecified atom stereocenters. The molecule has 2 aromatic rings. The predicted octanol–water partition coefficient (Wildman–Crippen LogP) is 3.67. The predicted molar refractivity (Wildman–Crippen MR) is 107 cm³/mol. The summed E-state index contributed by atoms with van der Waals surface area (Å²) in [6, 6.07) is 12.0. The molecule has 7 heteroatoms. The minimum Gasteiger partial charge on any atom is -0.326 e. The van der Waals surface area contributed by atoms with Gasteiger partial charge in [0.05, 0.1) is 11.3 Å². The van der Waals surface area contributed by atoms with Crippen molar-refractivity contribution in [2.45, 2.75) is 31.6 Å². The number of halogens is 1. The Morgan fingerprint density at radius 3 is 2.18 bits per heavy atom. The van der Waals surface area contributed by atoms with Crippen molar-refractivity contribution in [1.29, 1.82) is 0 Å². The van der Waals surface area contributed by atoms with Crippen molar-refractivity contribution >= 4 is 21.6 Å². The minimum absolute atomic E-state index is 0.115. The van der Waals surface area contributed by atoms with E-state index in [-0.39, 0.29) is 23.0 Å². The summed E-state index contributed by atoms with van der Waals surface area (Å²) in [5, 5.41) is 2.74. The van der Waals surface area contributed by atoms with Crippen LogP contribution in [0.15, 0.2) is 53.4 Å². The molecule has 1 fully saturated rings. The highest BCUT2D eigenvalue weighted by molar-refractivity contribution is 7.89. The van der Waals surface area contributed by atoms with Gasteiger partial charge in [-0.1, -0.05) is 26.0 Å². The van der Waals surface area contributed by atoms with Crippen molar-refractivity contribution in [3.05, 3.63) is 59.9 Å². The third-order valence-electron chi connectivity index (χ3n) is 4.89. The number of rotatable bonds is 5. The van der Waals surface area contributed by atoms with Gasteiger partial charge in [-0.05, 0) is 60.2 Å². The lowest BCUT2D eigenvalue weighted by atomic mass is 9.94. The molecule has 1 amide bonds. The fraction of sp³-hybridized carbons (Fsp3) is 0.381. The van der Waals surface area contributed by atoms with E-state index >= 15 is 0 Å². The Labute approximate surface area is 165 Å². The van der Waals surface area contributed by atoms with Gasteiger partial charge >= 0.3 is 0 Å². The van der Waals surface area contributed by atoms with E-state index in [0.717, 1.165) is 6.42 Å². The summed E-state index contributed by atoms with van der Waals surface area (Å²) in [5.74, 6) is 0.0754. The Balaban J connectivity index is 1.65. The molecular weight excluding hydrogens is 379 g/mol. The van der Waals surface area contributed by atoms with E-state index in [4.69, 9.17) is 0 Å². The van der Waals surface area contributed by atoms with Crippen LogP contribution in [0.3, 0.4) is 0 Å². The molecule has 0 spiro atoms. The molecule has 1 aliphatic heterocycles. The van der Waals surface area contributed by atoms with Gasteiger partial charge in [0.25, 0.3) is 0 Å². The summed E-state index contributed by atoms with van der Waals surface area (Å²) in [4.78, 5) is 12.4. The number of hydrogen-bond acceptors (Lipinski definition) is 3. The van der Waals surface area contributed by atoms with E-state index in [1.165, 1.54) is 24.3 Å². The van der Waals surface area contributed by atoms with Gasteiger partial charge in [-0.25, -0.2) is 12.8 Å². The minimum atomic E-state index is -3.54. The monoisotopic (exact) mass is 404 g/mol. The summed E-state index contributed by atoms with van der Waals surface area (Å²) in [6.07, 6.45) is 1.15. The van der Waals surface area contributed by atoms with E-state index in [1.807, 2.05) is 0 Å². The molecule has 2 atom stereocenters. The molecule has 0 aromatic heterocycles. The van der Waals surface area contributed by atoms with Crippen molar-refractivity contribution in [3.8, 4) is 0 Å². The SMILES string of the molecule is C[C@@H]1C[C@H](C)CN(S(=O)(=O)c2ccc(NC(=O)Cc3ccc(F)cc3)cc2)C1. The van der Waals surface area contributed by atoms with Crippen LogP contribution in [0.25, 0.3) is 0 Å². The number of nitrogens with one attached hydrogen (secondary N) is 1. The molecule has 0 radical (unpaired) electrons. The number of hydrogen-bond donors (Lipinski definition) is 1. The summed E-state index contributed by atoms with van der Waals surface area (Å²) in [5.41, 5.74) is 1.22. The first-order valence-corrected chi connectivity index (χ1v) is 10.8. The lowest BCUT2D eigenvalue weighted by molar-refractivity contribution is -0.115. The third kappa shape index (κ3) is 4.97. The highest BCUT2D eigenvalue weighted by atomic mass is 32.2. The van der Waals surface area contributed by atoms with Gasteiger partial charge in [0.2, 0.25) is 15.9 Å². The Hall–Kier alpha value is -2.25. The number of carbonyl (C=O) groups is 1. The van der Waals surface area contributed by atoms with Gasteiger partial charge in [-0.3, -0.25) is 4.79 Å². The Kier molecular flexibility index (Phi) is 6.15. The van der Waals surface area contributed by atoms with E-state index in [9.17, 15) is 17.6 Å². The molecular formula is C21H25FN2O3S. The van der Waals surface area contributed by atoms with Gasteiger partial charge in [-0.15, -0.1) is 0 Å². The van der Waals surface area contributed by atoms with E-state index in [2.05, 4.69) is 19.2 Å². The maximum Gasteiger partial charge on any atom is 0.243 e. The topological polar surface area (TPSA) is 66.5 Å². The van der Waals surface area contributed by atoms with Gasteiger partial charge in [-0.2, -0.15) is 4.31 Å². The Bertz CT molecular complexity index is 917. The molecule has 2 aromatic carbocycles. The van der Waals surface area contributed by atoms with Crippen molar-refractivity contribution in [2.24, 2.45) is 11.8 Å². The van der Waals surface area contributed by atoms with Crippen LogP contribution < -0.4 is 5.32 Å². The molecule has 3 rings (SSSR count). The average Bonchev–Trinajstić information content (AvgIpc) is 2.63. The van der Waals surface area contributed by atoms with Crippen LogP contribution >= 0.6 is 0 Å². The Morgan fingerprint density at radius 2 is 1.61 bits per heavy atom. The van der Waals surface area contributed by atoms with Crippen molar-refractivity contribution in [2.75, 3.05) is 18.4 Å². The molecule has 1 aliphatic rings. The van der Waals surface area contributed by atoms with Crippen LogP contribution in [0.2, 0.25) is 0 Å². The lowest BCUT2D eigenvalue weighted by Crippen LogP contribution is -2.42. The number of sulfonamides is 1. The molecule has 5 nitrogen and oxygen atoms in total. The maximum absolute atomic E-state index is 12.9. The number of benzene rings is 2. The Morgan fingerprint density at radius 1 is 1.04 bits per heavy atom. The first-order valence-electron chi connectivity index (χ1n) is 9.38. The summed E-state index contributed by atoms with van der Waals surface area (Å²) >= 11 is 0. The first kappa shape index (κ1) is 20.5. The second-order valence-corrected chi connectivity index (χ2v) is 9.58. The van der Waals surface area contributed by atoms with Crippen molar-refractivity contribution < 1.29 is 17.6 Å². The van der Waals surface area contributed by atoms with Gasteiger partial charge < -0.3 is 5.32 Å². The zero-order chi connectivity index (χ0) is 20.3. The van der Waals surface area contributed by atoms with Crippen LogP contribution in [0.4, 0.5) is 10.1 Å². The summed E-state index contributed by atoms with van der Waals surface area (Å²) in [7, 11) is -3.54. The molecule has 1 saturated heterocycles. The number of carbonyl (C=O) groups excluding carboxylic acids is 1. The van der Waals surface area contributed by atoms with Crippen molar-refractivity contribution in [1.82, 2.24) is 4.31 Å². The van der Waals surface area contributed by atoms with Crippen LogP contribution in [-0.2, 0) is 21.2 Å². The highest BCUT2D eigenvalue weighted by Crippen LogP contribution is 2.27. The molecule has 0 saturated carbocycles. The summed E-state index contributed by atoms with van der Waals surface area (Å²) < 4.78 is 40.3. The number of anilines is 1. The lowest BCUT2D eigenvalue weighted by Gasteiger charge is -2.34. The third-order valence-corrected chi connectivity index (χ3v) is 6.74. The van der Waals surface area contributed by atoms with Crippen LogP contribution in [0, 0.1) is 17.7 Å². The van der Waals surface area contributed by atoms with E-state index in [0.29, 0.717) is 36.2 Å². The van der Waals surface area contributed by atoms with Gasteiger partial charge in [0, 0.05) is 18.8 Å². The normalized spacial score (nSPS) is 20.7. The number of amides is 1. The summed E-state index contributed by atoms with van der Waals surface area (Å²) in [6.45, 7) is 5.20. The van der Waals surface area contributed by atoms with Crippen LogP contribution in [-0.4, -0.2) is 31.7 Å². The van der Waals surface area contributed by atoms with Gasteiger partial charge in [0.15, 0.2) is 0 Å². The van der Waals surface area contributed by atoms with Crippen molar-refractivity contribution in [3.63, 3.8) is 0 Å². The molecule has 0 aliphatic carbocycles. The van der Waals surface area contributed by atoms with E-state index in [1.54, 1.807) is 28.6 Å². The average molecular weight is 405 g/mol. The molecule has 28 heavy (non-hydrogen) atoms. The molecule has 0 bridgehead atoms. The molecule has 150 valence electrons. The molecule has 1 N–H and O–H groups in total. The van der Waals surface area contributed by atoms with Gasteiger partial charge in [0.1, 0.15) is 5.82 Å². The zero-order valence-electron chi connectivity index (χ0n) is 16.1.